The van der Waals surface area contributed by atoms with Gasteiger partial charge < -0.3 is 4.42 Å². The Morgan fingerprint density at radius 1 is 0.900 bits per heavy atom. The van der Waals surface area contributed by atoms with Gasteiger partial charge in [-0.05, 0) is 18.2 Å². The van der Waals surface area contributed by atoms with Crippen molar-refractivity contribution >= 4 is 11.1 Å². The first-order chi connectivity index (χ1) is 9.90. The summed E-state index contributed by atoms with van der Waals surface area (Å²) in [4.78, 5) is 4.52. The number of aromatic nitrogens is 3. The highest BCUT2D eigenvalue weighted by Crippen LogP contribution is 2.19. The van der Waals surface area contributed by atoms with Gasteiger partial charge in [-0.3, -0.25) is 0 Å². The van der Waals surface area contributed by atoms with E-state index in [1.807, 2.05) is 60.8 Å². The van der Waals surface area contributed by atoms with Gasteiger partial charge in [0, 0.05) is 17.8 Å². The third-order valence-corrected chi connectivity index (χ3v) is 3.19. The molecule has 0 aliphatic heterocycles. The zero-order chi connectivity index (χ0) is 13.4. The van der Waals surface area contributed by atoms with Crippen molar-refractivity contribution in [3.63, 3.8) is 0 Å². The van der Waals surface area contributed by atoms with E-state index >= 15 is 0 Å². The molecule has 4 nitrogen and oxygen atoms in total. The first kappa shape index (κ1) is 11.0. The molecule has 0 saturated heterocycles. The summed E-state index contributed by atoms with van der Waals surface area (Å²) in [5, 5.41) is 4.57. The van der Waals surface area contributed by atoms with E-state index in [4.69, 9.17) is 4.42 Å². The Bertz CT molecular complexity index is 861. The lowest BCUT2D eigenvalue weighted by atomic mass is 10.2. The van der Waals surface area contributed by atoms with Crippen LogP contribution in [0.3, 0.4) is 0 Å². The second-order valence-corrected chi connectivity index (χ2v) is 4.49. The van der Waals surface area contributed by atoms with Gasteiger partial charge >= 0.3 is 0 Å². The van der Waals surface area contributed by atoms with Crippen molar-refractivity contribution in [2.24, 2.45) is 0 Å². The summed E-state index contributed by atoms with van der Waals surface area (Å²) in [6, 6.07) is 17.7. The minimum absolute atomic E-state index is 0.779. The van der Waals surface area contributed by atoms with Crippen molar-refractivity contribution in [1.29, 1.82) is 0 Å². The van der Waals surface area contributed by atoms with Crippen LogP contribution in [0.25, 0.3) is 28.2 Å². The Kier molecular flexibility index (Phi) is 2.39. The molecule has 0 saturated carbocycles. The van der Waals surface area contributed by atoms with E-state index in [1.165, 1.54) is 0 Å². The smallest absolute Gasteiger partial charge is 0.154 e. The van der Waals surface area contributed by atoms with Gasteiger partial charge in [-0.1, -0.05) is 30.3 Å². The number of pyridine rings is 1. The molecule has 3 heterocycles. The highest BCUT2D eigenvalue weighted by molar-refractivity contribution is 5.73. The maximum Gasteiger partial charge on any atom is 0.154 e. The van der Waals surface area contributed by atoms with Crippen molar-refractivity contribution < 1.29 is 4.42 Å². The summed E-state index contributed by atoms with van der Waals surface area (Å²) in [5.74, 6) is 0.779. The number of hydrogen-bond acceptors (Lipinski definition) is 3. The summed E-state index contributed by atoms with van der Waals surface area (Å²) in [6.07, 6.45) is 3.55. The third kappa shape index (κ3) is 1.78. The van der Waals surface area contributed by atoms with E-state index in [-0.39, 0.29) is 0 Å². The number of benzene rings is 1. The fourth-order valence-corrected chi connectivity index (χ4v) is 2.18. The molecule has 4 rings (SSSR count). The third-order valence-electron chi connectivity index (χ3n) is 3.19. The molecule has 20 heavy (non-hydrogen) atoms. The van der Waals surface area contributed by atoms with Crippen LogP contribution in [0, 0.1) is 0 Å². The van der Waals surface area contributed by atoms with Crippen LogP contribution in [0.4, 0.5) is 0 Å². The van der Waals surface area contributed by atoms with Crippen LogP contribution < -0.4 is 0 Å². The highest BCUT2D eigenvalue weighted by atomic mass is 16.3. The molecule has 0 amide bonds. The molecule has 0 radical (unpaired) electrons. The fraction of sp³-hybridized carbons (Fsp3) is 0. The van der Waals surface area contributed by atoms with Gasteiger partial charge in [0.05, 0.1) is 12.0 Å². The van der Waals surface area contributed by atoms with Crippen LogP contribution >= 0.6 is 0 Å². The van der Waals surface area contributed by atoms with Crippen molar-refractivity contribution in [3.8, 4) is 17.1 Å². The normalized spacial score (nSPS) is 11.0. The number of fused-ring (bicyclic) bond motifs is 1. The van der Waals surface area contributed by atoms with Gasteiger partial charge in [-0.2, -0.15) is 5.10 Å². The monoisotopic (exact) mass is 261 g/mol. The van der Waals surface area contributed by atoms with E-state index in [0.29, 0.717) is 0 Å². The molecule has 0 aliphatic rings. The van der Waals surface area contributed by atoms with Crippen LogP contribution in [-0.4, -0.2) is 14.8 Å². The molecule has 4 aromatic rings. The summed E-state index contributed by atoms with van der Waals surface area (Å²) >= 11 is 0. The second-order valence-electron chi connectivity index (χ2n) is 4.49. The van der Waals surface area contributed by atoms with Crippen molar-refractivity contribution in [2.45, 2.75) is 0 Å². The standard InChI is InChI=1S/C16H11N3O/c1-2-4-12(5-3-1)13-8-10-19(18-13)16-7-6-15-14(17-16)9-11-20-15/h1-11H. The van der Waals surface area contributed by atoms with Gasteiger partial charge in [-0.15, -0.1) is 0 Å². The quantitative estimate of drug-likeness (QED) is 0.553. The van der Waals surface area contributed by atoms with Gasteiger partial charge in [0.2, 0.25) is 0 Å². The van der Waals surface area contributed by atoms with E-state index in [0.717, 1.165) is 28.2 Å². The zero-order valence-electron chi connectivity index (χ0n) is 10.6. The van der Waals surface area contributed by atoms with Crippen molar-refractivity contribution in [1.82, 2.24) is 14.8 Å². The molecule has 0 unspecified atom stereocenters. The molecule has 0 spiro atoms. The topological polar surface area (TPSA) is 43.9 Å². The SMILES string of the molecule is c1ccc(-c2ccn(-c3ccc4occc4n3)n2)cc1. The molecule has 96 valence electrons. The molecule has 1 aromatic carbocycles. The lowest BCUT2D eigenvalue weighted by molar-refractivity contribution is 0.615. The summed E-state index contributed by atoms with van der Waals surface area (Å²) in [6.45, 7) is 0. The molecule has 0 aliphatic carbocycles. The first-order valence-electron chi connectivity index (χ1n) is 6.36. The summed E-state index contributed by atoms with van der Waals surface area (Å²) < 4.78 is 7.06. The van der Waals surface area contributed by atoms with E-state index in [2.05, 4.69) is 10.1 Å². The van der Waals surface area contributed by atoms with Gasteiger partial charge in [0.1, 0.15) is 5.52 Å². The molecular weight excluding hydrogens is 250 g/mol. The lowest BCUT2D eigenvalue weighted by Gasteiger charge is -2.00. The van der Waals surface area contributed by atoms with Crippen molar-refractivity contribution in [3.05, 3.63) is 67.1 Å². The zero-order valence-corrected chi connectivity index (χ0v) is 10.6. The predicted octanol–water partition coefficient (Wildman–Crippen LogP) is 3.68. The Labute approximate surface area is 115 Å². The number of furan rings is 1. The molecular formula is C16H11N3O. The largest absolute Gasteiger partial charge is 0.463 e. The minimum atomic E-state index is 0.779. The molecule has 3 aromatic heterocycles. The number of hydrogen-bond donors (Lipinski definition) is 0. The Balaban J connectivity index is 1.77. The maximum atomic E-state index is 5.29. The van der Waals surface area contributed by atoms with E-state index in [9.17, 15) is 0 Å². The van der Waals surface area contributed by atoms with Gasteiger partial charge in [0.25, 0.3) is 0 Å². The Morgan fingerprint density at radius 3 is 2.70 bits per heavy atom. The van der Waals surface area contributed by atoms with Crippen molar-refractivity contribution in [2.75, 3.05) is 0 Å². The van der Waals surface area contributed by atoms with Crippen LogP contribution in [0.15, 0.2) is 71.5 Å². The maximum absolute atomic E-state index is 5.29. The Morgan fingerprint density at radius 2 is 1.80 bits per heavy atom. The molecule has 0 atom stereocenters. The number of nitrogens with zero attached hydrogens (tertiary/aromatic N) is 3. The summed E-state index contributed by atoms with van der Waals surface area (Å²) in [7, 11) is 0. The van der Waals surface area contributed by atoms with Crippen LogP contribution in [0.1, 0.15) is 0 Å². The fourth-order valence-electron chi connectivity index (χ4n) is 2.18. The average molecular weight is 261 g/mol. The minimum Gasteiger partial charge on any atom is -0.463 e. The second kappa shape index (κ2) is 4.35. The first-order valence-corrected chi connectivity index (χ1v) is 6.36. The van der Waals surface area contributed by atoms with E-state index < -0.39 is 0 Å². The molecule has 0 N–H and O–H groups in total. The number of rotatable bonds is 2. The molecule has 0 bridgehead atoms. The van der Waals surface area contributed by atoms with Crippen LogP contribution in [-0.2, 0) is 0 Å². The summed E-state index contributed by atoms with van der Waals surface area (Å²) in [5.41, 5.74) is 3.64. The Hall–Kier alpha value is -2.88. The predicted molar refractivity (Wildman–Crippen MR) is 76.6 cm³/mol. The lowest BCUT2D eigenvalue weighted by Crippen LogP contribution is -1.97. The van der Waals surface area contributed by atoms with Crippen LogP contribution in [0.2, 0.25) is 0 Å². The van der Waals surface area contributed by atoms with Crippen LogP contribution in [0.5, 0.6) is 0 Å². The van der Waals surface area contributed by atoms with Gasteiger partial charge in [-0.25, -0.2) is 9.67 Å². The van der Waals surface area contributed by atoms with Gasteiger partial charge in [0.15, 0.2) is 11.4 Å². The highest BCUT2D eigenvalue weighted by Gasteiger charge is 2.06. The average Bonchev–Trinajstić information content (AvgIpc) is 3.16. The molecule has 4 heteroatoms. The molecule has 0 fully saturated rings. The van der Waals surface area contributed by atoms with E-state index in [1.54, 1.807) is 10.9 Å².